The number of rotatable bonds is 5. The third-order valence-electron chi connectivity index (χ3n) is 4.42. The number of benzene rings is 1. The van der Waals surface area contributed by atoms with Gasteiger partial charge in [0.25, 0.3) is 11.5 Å². The van der Waals surface area contributed by atoms with Crippen LogP contribution in [0.25, 0.3) is 0 Å². The topological polar surface area (TPSA) is 115 Å². The molecule has 0 fully saturated rings. The van der Waals surface area contributed by atoms with Crippen LogP contribution in [-0.2, 0) is 17.7 Å². The van der Waals surface area contributed by atoms with Crippen molar-refractivity contribution in [2.75, 3.05) is 13.2 Å². The van der Waals surface area contributed by atoms with Crippen molar-refractivity contribution in [3.05, 3.63) is 76.0 Å². The van der Waals surface area contributed by atoms with Crippen LogP contribution in [0.15, 0.2) is 47.9 Å². The SMILES string of the molecule is O=C(NC[C@@H]1OCCc2ccccc21)c1cnc(Cn2cncn2)[nH]c1=O. The fourth-order valence-electron chi connectivity index (χ4n) is 3.07. The van der Waals surface area contributed by atoms with Crippen molar-refractivity contribution in [3.8, 4) is 0 Å². The van der Waals surface area contributed by atoms with Gasteiger partial charge in [-0.25, -0.2) is 14.6 Å². The highest BCUT2D eigenvalue weighted by Gasteiger charge is 2.22. The first kappa shape index (κ1) is 17.1. The van der Waals surface area contributed by atoms with Crippen molar-refractivity contribution in [3.63, 3.8) is 0 Å². The fraction of sp³-hybridized carbons (Fsp3) is 0.278. The number of nitrogens with one attached hydrogen (secondary N) is 2. The fourth-order valence-corrected chi connectivity index (χ4v) is 3.07. The molecule has 27 heavy (non-hydrogen) atoms. The van der Waals surface area contributed by atoms with Crippen LogP contribution in [0, 0.1) is 0 Å². The van der Waals surface area contributed by atoms with Crippen molar-refractivity contribution in [1.29, 1.82) is 0 Å². The van der Waals surface area contributed by atoms with E-state index in [-0.39, 0.29) is 24.8 Å². The maximum atomic E-state index is 12.4. The van der Waals surface area contributed by atoms with Gasteiger partial charge in [0.15, 0.2) is 0 Å². The summed E-state index contributed by atoms with van der Waals surface area (Å²) in [6.45, 7) is 1.16. The van der Waals surface area contributed by atoms with Gasteiger partial charge in [-0.15, -0.1) is 0 Å². The number of H-pyrrole nitrogens is 1. The molecule has 0 spiro atoms. The Morgan fingerprint density at radius 1 is 1.37 bits per heavy atom. The van der Waals surface area contributed by atoms with Crippen LogP contribution in [0.1, 0.15) is 33.4 Å². The highest BCUT2D eigenvalue weighted by molar-refractivity contribution is 5.93. The van der Waals surface area contributed by atoms with E-state index >= 15 is 0 Å². The zero-order valence-electron chi connectivity index (χ0n) is 14.5. The number of hydrogen-bond acceptors (Lipinski definition) is 6. The minimum Gasteiger partial charge on any atom is -0.371 e. The van der Waals surface area contributed by atoms with Crippen LogP contribution >= 0.6 is 0 Å². The minimum absolute atomic E-state index is 0.0403. The van der Waals surface area contributed by atoms with Gasteiger partial charge in [0.2, 0.25) is 0 Å². The van der Waals surface area contributed by atoms with Gasteiger partial charge in [-0.05, 0) is 17.5 Å². The second-order valence-corrected chi connectivity index (χ2v) is 6.18. The highest BCUT2D eigenvalue weighted by atomic mass is 16.5. The molecule has 1 amide bonds. The third kappa shape index (κ3) is 3.77. The Morgan fingerprint density at radius 3 is 3.07 bits per heavy atom. The molecule has 1 atom stereocenters. The maximum absolute atomic E-state index is 12.4. The predicted molar refractivity (Wildman–Crippen MR) is 95.2 cm³/mol. The summed E-state index contributed by atoms with van der Waals surface area (Å²) in [7, 11) is 0. The van der Waals surface area contributed by atoms with Crippen LogP contribution in [-0.4, -0.2) is 43.8 Å². The van der Waals surface area contributed by atoms with E-state index in [1.54, 1.807) is 0 Å². The zero-order chi connectivity index (χ0) is 18.6. The first-order valence-electron chi connectivity index (χ1n) is 8.59. The number of carbonyl (C=O) groups is 1. The number of hydrogen-bond donors (Lipinski definition) is 2. The first-order chi connectivity index (χ1) is 13.2. The lowest BCUT2D eigenvalue weighted by molar-refractivity contribution is 0.0411. The lowest BCUT2D eigenvalue weighted by Gasteiger charge is -2.26. The number of carbonyl (C=O) groups excluding carboxylic acids is 1. The van der Waals surface area contributed by atoms with Gasteiger partial charge in [0.05, 0.1) is 6.61 Å². The molecule has 1 aliphatic heterocycles. The van der Waals surface area contributed by atoms with Crippen molar-refractivity contribution in [2.24, 2.45) is 0 Å². The number of aromatic nitrogens is 5. The van der Waals surface area contributed by atoms with E-state index in [9.17, 15) is 9.59 Å². The summed E-state index contributed by atoms with van der Waals surface area (Å²) >= 11 is 0. The van der Waals surface area contributed by atoms with Crippen molar-refractivity contribution in [1.82, 2.24) is 30.0 Å². The smallest absolute Gasteiger partial charge is 0.263 e. The van der Waals surface area contributed by atoms with Gasteiger partial charge in [0, 0.05) is 12.7 Å². The lowest BCUT2D eigenvalue weighted by Crippen LogP contribution is -2.35. The third-order valence-corrected chi connectivity index (χ3v) is 4.42. The lowest BCUT2D eigenvalue weighted by atomic mass is 9.97. The van der Waals surface area contributed by atoms with E-state index in [0.29, 0.717) is 12.4 Å². The van der Waals surface area contributed by atoms with Crippen molar-refractivity contribution in [2.45, 2.75) is 19.1 Å². The second-order valence-electron chi connectivity index (χ2n) is 6.18. The normalized spacial score (nSPS) is 15.9. The molecular formula is C18H18N6O3. The summed E-state index contributed by atoms with van der Waals surface area (Å²) in [5.74, 6) is -0.0886. The Balaban J connectivity index is 1.42. The van der Waals surface area contributed by atoms with E-state index in [4.69, 9.17) is 4.74 Å². The molecule has 0 saturated heterocycles. The predicted octanol–water partition coefficient (Wildman–Crippen LogP) is 0.454. The highest BCUT2D eigenvalue weighted by Crippen LogP contribution is 2.26. The molecule has 3 aromatic rings. The van der Waals surface area contributed by atoms with E-state index in [0.717, 1.165) is 12.0 Å². The molecule has 9 heteroatoms. The van der Waals surface area contributed by atoms with Crippen LogP contribution in [0.2, 0.25) is 0 Å². The molecular weight excluding hydrogens is 348 g/mol. The molecule has 0 bridgehead atoms. The molecule has 3 heterocycles. The second kappa shape index (κ2) is 7.50. The summed E-state index contributed by atoms with van der Waals surface area (Å²) in [4.78, 5) is 35.2. The zero-order valence-corrected chi connectivity index (χ0v) is 14.5. The molecule has 138 valence electrons. The minimum atomic E-state index is -0.498. The number of nitrogens with zero attached hydrogens (tertiary/aromatic N) is 4. The van der Waals surface area contributed by atoms with E-state index in [2.05, 4.69) is 31.4 Å². The number of aromatic amines is 1. The average Bonchev–Trinajstić information content (AvgIpc) is 3.19. The van der Waals surface area contributed by atoms with Crippen LogP contribution in [0.4, 0.5) is 0 Å². The summed E-state index contributed by atoms with van der Waals surface area (Å²) in [5.41, 5.74) is 1.75. The first-order valence-corrected chi connectivity index (χ1v) is 8.59. The van der Waals surface area contributed by atoms with Crippen LogP contribution < -0.4 is 10.9 Å². The van der Waals surface area contributed by atoms with Crippen LogP contribution in [0.5, 0.6) is 0 Å². The van der Waals surface area contributed by atoms with Gasteiger partial charge < -0.3 is 15.0 Å². The monoisotopic (exact) mass is 366 g/mol. The quantitative estimate of drug-likeness (QED) is 0.678. The Morgan fingerprint density at radius 2 is 2.26 bits per heavy atom. The Hall–Kier alpha value is -3.33. The molecule has 1 aromatic carbocycles. The van der Waals surface area contributed by atoms with Crippen molar-refractivity contribution < 1.29 is 9.53 Å². The maximum Gasteiger partial charge on any atom is 0.263 e. The Bertz CT molecular complexity index is 998. The van der Waals surface area contributed by atoms with Gasteiger partial charge in [-0.3, -0.25) is 9.59 Å². The Labute approximate surface area is 154 Å². The molecule has 4 rings (SSSR count). The van der Waals surface area contributed by atoms with Crippen LogP contribution in [0.3, 0.4) is 0 Å². The molecule has 0 unspecified atom stereocenters. The summed E-state index contributed by atoms with van der Waals surface area (Å²) in [5, 5.41) is 6.71. The van der Waals surface area contributed by atoms with E-state index < -0.39 is 11.5 Å². The molecule has 0 aliphatic carbocycles. The van der Waals surface area contributed by atoms with Gasteiger partial charge in [-0.2, -0.15) is 5.10 Å². The summed E-state index contributed by atoms with van der Waals surface area (Å²) < 4.78 is 7.29. The largest absolute Gasteiger partial charge is 0.371 e. The van der Waals surface area contributed by atoms with Crippen molar-refractivity contribution >= 4 is 5.91 Å². The molecule has 9 nitrogen and oxygen atoms in total. The molecule has 1 aliphatic rings. The molecule has 0 radical (unpaired) electrons. The number of fused-ring (bicyclic) bond motifs is 1. The van der Waals surface area contributed by atoms with E-state index in [1.165, 1.54) is 29.1 Å². The molecule has 2 N–H and O–H groups in total. The Kier molecular flexibility index (Phi) is 4.75. The standard InChI is InChI=1S/C18H18N6O3/c25-17(21-8-15-13-4-2-1-3-12(13)5-6-27-15)14-7-20-16(23-18(14)26)9-24-11-19-10-22-24/h1-4,7,10-11,15H,5-6,8-9H2,(H,21,25)(H,20,23,26)/t15-/m0/s1. The van der Waals surface area contributed by atoms with Gasteiger partial charge in [0.1, 0.15) is 36.7 Å². The number of amides is 1. The average molecular weight is 366 g/mol. The van der Waals surface area contributed by atoms with E-state index in [1.807, 2.05) is 18.2 Å². The van der Waals surface area contributed by atoms with Gasteiger partial charge in [-0.1, -0.05) is 24.3 Å². The summed E-state index contributed by atoms with van der Waals surface area (Å²) in [6.07, 6.45) is 4.82. The number of ether oxygens (including phenoxy) is 1. The van der Waals surface area contributed by atoms with Gasteiger partial charge >= 0.3 is 0 Å². The molecule has 2 aromatic heterocycles. The molecule has 0 saturated carbocycles. The summed E-state index contributed by atoms with van der Waals surface area (Å²) in [6, 6.07) is 8.00.